The molecule has 4 aromatic carbocycles. The van der Waals surface area contributed by atoms with Crippen LogP contribution in [0, 0.1) is 34.5 Å². The summed E-state index contributed by atoms with van der Waals surface area (Å²) < 4.78 is 14.6. The molecule has 0 saturated heterocycles. The van der Waals surface area contributed by atoms with Crippen molar-refractivity contribution in [3.63, 3.8) is 0 Å². The zero-order chi connectivity index (χ0) is 33.9. The van der Waals surface area contributed by atoms with Crippen molar-refractivity contribution in [2.24, 2.45) is 0 Å². The second kappa shape index (κ2) is 22.7. The second-order valence-electron chi connectivity index (χ2n) is 9.42. The lowest BCUT2D eigenvalue weighted by molar-refractivity contribution is -0.540. The van der Waals surface area contributed by atoms with Crippen molar-refractivity contribution in [1.82, 2.24) is 0 Å². The number of halogens is 4. The van der Waals surface area contributed by atoms with Crippen LogP contribution in [0.3, 0.4) is 0 Å². The molecule has 0 heterocycles. The number of benzene rings is 4. The van der Waals surface area contributed by atoms with Crippen LogP contribution in [-0.4, -0.2) is 47.0 Å². The third-order valence-electron chi connectivity index (χ3n) is 5.81. The van der Waals surface area contributed by atoms with Gasteiger partial charge in [-0.2, -0.15) is 0 Å². The summed E-state index contributed by atoms with van der Waals surface area (Å²) in [4.78, 5) is 30.7. The predicted molar refractivity (Wildman–Crippen MR) is 209 cm³/mol. The molecule has 0 bridgehead atoms. The van der Waals surface area contributed by atoms with Gasteiger partial charge in [-0.3, -0.25) is 25.0 Å². The number of carbonyl (C=O) groups is 1. The fourth-order valence-corrected chi connectivity index (χ4v) is 7.63. The topological polar surface area (TPSA) is 142 Å². The smallest absolute Gasteiger partial charge is 0.265 e. The molecule has 0 aliphatic heterocycles. The van der Waals surface area contributed by atoms with Crippen molar-refractivity contribution in [3.8, 4) is 0 Å². The Morgan fingerprint density at radius 2 is 1.17 bits per heavy atom. The number of carbonyl (C=O) groups excluding carboxylic acids is 1. The molecule has 0 aromatic heterocycles. The number of ether oxygens (including phenoxy) is 2. The first-order chi connectivity index (χ1) is 22.0. The Hall–Kier alpha value is -1.85. The van der Waals surface area contributed by atoms with Crippen LogP contribution in [0.2, 0.25) is 0 Å². The summed E-state index contributed by atoms with van der Waals surface area (Å²) in [5.74, 6) is 0. The van der Waals surface area contributed by atoms with Gasteiger partial charge in [-0.25, -0.2) is 0 Å². The molecular weight excluding hydrogens is 1050 g/mol. The molecule has 0 radical (unpaired) electrons. The summed E-state index contributed by atoms with van der Waals surface area (Å²) in [5.41, 5.74) is 3.25. The second-order valence-corrected chi connectivity index (χ2v) is 14.4. The van der Waals surface area contributed by atoms with Gasteiger partial charge in [0.15, 0.2) is 0 Å². The molecule has 2 atom stereocenters. The first-order valence-corrected chi connectivity index (χ1v) is 17.8. The van der Waals surface area contributed by atoms with Crippen molar-refractivity contribution in [2.75, 3.05) is 19.8 Å². The van der Waals surface area contributed by atoms with Crippen molar-refractivity contribution < 1.29 is 29.2 Å². The quantitative estimate of drug-likeness (QED) is 0.0468. The van der Waals surface area contributed by atoms with E-state index in [1.54, 1.807) is 12.1 Å². The summed E-state index contributed by atoms with van der Waals surface area (Å²) in [5, 5.41) is 31.6. The largest absolute Gasteiger partial charge is 0.381 e. The van der Waals surface area contributed by atoms with Crippen LogP contribution < -0.4 is 0 Å². The van der Waals surface area contributed by atoms with E-state index in [0.717, 1.165) is 37.3 Å². The molecule has 0 spiro atoms. The number of aliphatic hydroxyl groups is 1. The Balaban J connectivity index is 0.000000269. The molecule has 0 fully saturated rings. The summed E-state index contributed by atoms with van der Waals surface area (Å²) in [6, 6.07) is 29.0. The van der Waals surface area contributed by atoms with E-state index in [-0.39, 0.29) is 31.3 Å². The number of aliphatic hydroxyl groups excluding tert-OH is 1. The van der Waals surface area contributed by atoms with Gasteiger partial charge in [0.05, 0.1) is 13.2 Å². The lowest BCUT2D eigenvalue weighted by Gasteiger charge is -2.17. The molecule has 4 aromatic rings. The zero-order valence-corrected chi connectivity index (χ0v) is 32.8. The van der Waals surface area contributed by atoms with Crippen LogP contribution in [-0.2, 0) is 22.7 Å². The van der Waals surface area contributed by atoms with E-state index in [1.165, 1.54) is 0 Å². The van der Waals surface area contributed by atoms with Gasteiger partial charge in [-0.1, -0.05) is 60.7 Å². The van der Waals surface area contributed by atoms with Crippen molar-refractivity contribution in [1.29, 1.82) is 0 Å². The minimum Gasteiger partial charge on any atom is -0.381 e. The molecule has 0 saturated carbocycles. The van der Waals surface area contributed by atoms with E-state index < -0.39 is 17.1 Å². The molecule has 1 N–H and O–H groups in total. The summed E-state index contributed by atoms with van der Waals surface area (Å²) >= 11 is 8.63. The lowest BCUT2D eigenvalue weighted by atomic mass is 10.0. The highest BCUT2D eigenvalue weighted by Gasteiger charge is 2.32. The maximum atomic E-state index is 11.3. The number of nitro groups is 2. The van der Waals surface area contributed by atoms with Gasteiger partial charge in [-0.15, -0.1) is 0 Å². The Labute approximate surface area is 321 Å². The Bertz CT molecular complexity index is 1490. The fraction of sp³-hybridized carbons (Fsp3) is 0.219. The van der Waals surface area contributed by atoms with E-state index in [0.29, 0.717) is 12.2 Å². The molecule has 14 heteroatoms. The predicted octanol–water partition coefficient (Wildman–Crippen LogP) is 7.98. The Morgan fingerprint density at radius 3 is 1.61 bits per heavy atom. The molecule has 0 aliphatic carbocycles. The Morgan fingerprint density at radius 1 is 0.717 bits per heavy atom. The van der Waals surface area contributed by atoms with Crippen LogP contribution in [0.4, 0.5) is 0 Å². The van der Waals surface area contributed by atoms with E-state index in [1.807, 2.05) is 84.9 Å². The number of rotatable bonds is 13. The van der Waals surface area contributed by atoms with E-state index in [9.17, 15) is 30.1 Å². The SMILES string of the molecule is O=Cc1cc(I)cc(I)c1.O=[N+]([O-])CCOCc1ccccc1.O=[N+]([O-])[C@@H](COCc1ccccc1)[C@H](O)c1cc(I)cc(I)c1. The van der Waals surface area contributed by atoms with Crippen molar-refractivity contribution in [3.05, 3.63) is 154 Å². The number of hydrogen-bond donors (Lipinski definition) is 1. The van der Waals surface area contributed by atoms with Gasteiger partial charge >= 0.3 is 0 Å². The normalized spacial score (nSPS) is 11.6. The van der Waals surface area contributed by atoms with Gasteiger partial charge in [-0.05, 0) is 143 Å². The standard InChI is InChI=1S/C16H15I2NO4.C9H11NO3.C7H4I2O/c17-13-6-12(7-14(18)8-13)16(20)15(19(21)22)10-23-9-11-4-2-1-3-5-11;11-10(12)6-7-13-8-9-4-2-1-3-5-9;8-6-1-5(4-10)2-7(9)3-6/h1-8,15-16,20H,9-10H2;1-5H,6-8H2;1-4H/t15-,16+;;/m0../s1. The van der Waals surface area contributed by atoms with Crippen molar-refractivity contribution >= 4 is 96.6 Å². The number of aldehydes is 1. The van der Waals surface area contributed by atoms with E-state index in [2.05, 4.69) is 90.4 Å². The Kier molecular flexibility index (Phi) is 19.9. The summed E-state index contributed by atoms with van der Waals surface area (Å²) in [7, 11) is 0. The number of nitrogens with zero attached hydrogens (tertiary/aromatic N) is 2. The maximum absolute atomic E-state index is 11.3. The molecule has 10 nitrogen and oxygen atoms in total. The minimum absolute atomic E-state index is 0.132. The molecular formula is C32H30I4N2O8. The highest BCUT2D eigenvalue weighted by molar-refractivity contribution is 14.1. The molecule has 0 unspecified atom stereocenters. The van der Waals surface area contributed by atoms with Gasteiger partial charge in [0.25, 0.3) is 6.04 Å². The van der Waals surface area contributed by atoms with Gasteiger partial charge in [0.2, 0.25) is 6.54 Å². The van der Waals surface area contributed by atoms with Gasteiger partial charge in [0.1, 0.15) is 25.6 Å². The molecule has 46 heavy (non-hydrogen) atoms. The van der Waals surface area contributed by atoms with Crippen LogP contribution in [0.25, 0.3) is 0 Å². The molecule has 4 rings (SSSR count). The first kappa shape index (κ1) is 40.3. The third kappa shape index (κ3) is 16.8. The zero-order valence-electron chi connectivity index (χ0n) is 24.2. The average molecular weight is 1080 g/mol. The monoisotopic (exact) mass is 1080 g/mol. The van der Waals surface area contributed by atoms with Crippen molar-refractivity contribution in [2.45, 2.75) is 25.4 Å². The minimum atomic E-state index is -1.20. The highest BCUT2D eigenvalue weighted by atomic mass is 127. The average Bonchev–Trinajstić information content (AvgIpc) is 3.01. The first-order valence-electron chi connectivity index (χ1n) is 13.5. The molecule has 0 amide bonds. The number of hydrogen-bond acceptors (Lipinski definition) is 8. The van der Waals surface area contributed by atoms with E-state index >= 15 is 0 Å². The maximum Gasteiger partial charge on any atom is 0.265 e. The van der Waals surface area contributed by atoms with Gasteiger partial charge < -0.3 is 14.6 Å². The molecule has 0 aliphatic rings. The summed E-state index contributed by atoms with van der Waals surface area (Å²) in [6.07, 6.45) is -0.339. The van der Waals surface area contributed by atoms with Crippen LogP contribution >= 0.6 is 90.4 Å². The van der Waals surface area contributed by atoms with E-state index in [4.69, 9.17) is 9.47 Å². The third-order valence-corrected chi connectivity index (χ3v) is 8.30. The molecule has 244 valence electrons. The fourth-order valence-electron chi connectivity index (χ4n) is 3.65. The lowest BCUT2D eigenvalue weighted by Crippen LogP contribution is -2.32. The van der Waals surface area contributed by atoms with Crippen LogP contribution in [0.15, 0.2) is 97.1 Å². The summed E-state index contributed by atoms with van der Waals surface area (Å²) in [6.45, 7) is 0.607. The van der Waals surface area contributed by atoms with Gasteiger partial charge in [0, 0.05) is 29.7 Å². The van der Waals surface area contributed by atoms with Crippen LogP contribution in [0.1, 0.15) is 33.2 Å². The van der Waals surface area contributed by atoms with Crippen LogP contribution in [0.5, 0.6) is 0 Å². The highest BCUT2D eigenvalue weighted by Crippen LogP contribution is 2.24.